The number of benzene rings is 1. The zero-order chi connectivity index (χ0) is 15.6. The minimum Gasteiger partial charge on any atom is -0.508 e. The first-order chi connectivity index (χ1) is 9.77. The van der Waals surface area contributed by atoms with Crippen LogP contribution in [0.2, 0.25) is 0 Å². The van der Waals surface area contributed by atoms with Gasteiger partial charge >= 0.3 is 6.18 Å². The number of halogens is 3. The molecule has 1 aliphatic carbocycles. The van der Waals surface area contributed by atoms with Gasteiger partial charge in [-0.1, -0.05) is 6.42 Å². The van der Waals surface area contributed by atoms with E-state index in [1.807, 2.05) is 0 Å². The van der Waals surface area contributed by atoms with Crippen LogP contribution in [0.4, 0.5) is 18.9 Å². The van der Waals surface area contributed by atoms with Crippen molar-refractivity contribution in [3.63, 3.8) is 0 Å². The molecule has 21 heavy (non-hydrogen) atoms. The molecule has 0 aliphatic heterocycles. The number of carbonyl (C=O) groups is 1. The summed E-state index contributed by atoms with van der Waals surface area (Å²) < 4.78 is 38.3. The van der Waals surface area contributed by atoms with E-state index in [-0.39, 0.29) is 24.5 Å². The predicted octanol–water partition coefficient (Wildman–Crippen LogP) is 4.01. The number of phenols is 1. The van der Waals surface area contributed by atoms with E-state index in [9.17, 15) is 23.1 Å². The molecule has 0 heterocycles. The van der Waals surface area contributed by atoms with Crippen molar-refractivity contribution in [2.24, 2.45) is 11.8 Å². The summed E-state index contributed by atoms with van der Waals surface area (Å²) in [4.78, 5) is 12.1. The Bertz CT molecular complexity index is 528. The number of aromatic hydroxyl groups is 1. The summed E-state index contributed by atoms with van der Waals surface area (Å²) >= 11 is 0. The number of hydrogen-bond donors (Lipinski definition) is 2. The molecule has 0 bridgehead atoms. The van der Waals surface area contributed by atoms with Gasteiger partial charge in [0.15, 0.2) is 0 Å². The highest BCUT2D eigenvalue weighted by Gasteiger charge is 2.43. The average Bonchev–Trinajstić information content (AvgIpc) is 2.41. The largest absolute Gasteiger partial charge is 0.508 e. The molecule has 6 heteroatoms. The molecule has 1 amide bonds. The minimum absolute atomic E-state index is 0.0836. The molecule has 2 unspecified atom stereocenters. The van der Waals surface area contributed by atoms with Gasteiger partial charge in [0.2, 0.25) is 5.91 Å². The first kappa shape index (κ1) is 15.7. The van der Waals surface area contributed by atoms with Gasteiger partial charge in [0.1, 0.15) is 5.75 Å². The van der Waals surface area contributed by atoms with Gasteiger partial charge < -0.3 is 10.4 Å². The van der Waals surface area contributed by atoms with Crippen molar-refractivity contribution in [1.82, 2.24) is 0 Å². The number of alkyl halides is 3. The fourth-order valence-corrected chi connectivity index (χ4v) is 2.75. The summed E-state index contributed by atoms with van der Waals surface area (Å²) in [6, 6.07) is 4.48. The third kappa shape index (κ3) is 3.89. The van der Waals surface area contributed by atoms with Crippen molar-refractivity contribution >= 4 is 11.6 Å². The molecule has 2 N–H and O–H groups in total. The summed E-state index contributed by atoms with van der Waals surface area (Å²) in [5.41, 5.74) is 1.19. The van der Waals surface area contributed by atoms with Crippen molar-refractivity contribution < 1.29 is 23.1 Å². The molecule has 1 aromatic carbocycles. The van der Waals surface area contributed by atoms with Crippen LogP contribution in [0.15, 0.2) is 18.2 Å². The highest BCUT2D eigenvalue weighted by Crippen LogP contribution is 2.40. The van der Waals surface area contributed by atoms with Gasteiger partial charge in [-0.25, -0.2) is 0 Å². The van der Waals surface area contributed by atoms with Crippen LogP contribution in [-0.4, -0.2) is 17.2 Å². The standard InChI is InChI=1S/C15H18F3NO2/c1-9-7-12(20)5-6-13(9)19-14(21)10-3-2-4-11(8-10)15(16,17)18/h5-7,10-11,20H,2-4,8H2,1H3,(H,19,21). The molecule has 0 radical (unpaired) electrons. The second kappa shape index (κ2) is 5.95. The molecule has 0 spiro atoms. The van der Waals surface area contributed by atoms with Crippen molar-refractivity contribution in [2.75, 3.05) is 5.32 Å². The Balaban J connectivity index is 2.03. The zero-order valence-electron chi connectivity index (χ0n) is 11.7. The van der Waals surface area contributed by atoms with Crippen LogP contribution in [0.25, 0.3) is 0 Å². The molecule has 2 rings (SSSR count). The van der Waals surface area contributed by atoms with Crippen molar-refractivity contribution in [3.8, 4) is 5.75 Å². The lowest BCUT2D eigenvalue weighted by Gasteiger charge is -2.29. The molecule has 1 fully saturated rings. The van der Waals surface area contributed by atoms with Gasteiger partial charge in [0.05, 0.1) is 5.92 Å². The lowest BCUT2D eigenvalue weighted by molar-refractivity contribution is -0.185. The number of anilines is 1. The van der Waals surface area contributed by atoms with E-state index in [1.165, 1.54) is 12.1 Å². The van der Waals surface area contributed by atoms with Crippen LogP contribution < -0.4 is 5.32 Å². The summed E-state index contributed by atoms with van der Waals surface area (Å²) in [7, 11) is 0. The number of rotatable bonds is 2. The number of hydrogen-bond acceptors (Lipinski definition) is 2. The van der Waals surface area contributed by atoms with Gasteiger partial charge in [0.25, 0.3) is 0 Å². The van der Waals surface area contributed by atoms with E-state index in [0.717, 1.165) is 0 Å². The Labute approximate surface area is 121 Å². The third-order valence-electron chi connectivity index (χ3n) is 3.98. The van der Waals surface area contributed by atoms with E-state index in [4.69, 9.17) is 0 Å². The van der Waals surface area contributed by atoms with E-state index in [1.54, 1.807) is 13.0 Å². The number of aryl methyl sites for hydroxylation is 1. The fourth-order valence-electron chi connectivity index (χ4n) is 2.75. The van der Waals surface area contributed by atoms with Crippen LogP contribution in [0.5, 0.6) is 5.75 Å². The Morgan fingerprint density at radius 1 is 1.33 bits per heavy atom. The maximum Gasteiger partial charge on any atom is 0.391 e. The minimum atomic E-state index is -4.23. The van der Waals surface area contributed by atoms with Gasteiger partial charge in [-0.15, -0.1) is 0 Å². The monoisotopic (exact) mass is 301 g/mol. The smallest absolute Gasteiger partial charge is 0.391 e. The predicted molar refractivity (Wildman–Crippen MR) is 73.0 cm³/mol. The van der Waals surface area contributed by atoms with E-state index >= 15 is 0 Å². The zero-order valence-corrected chi connectivity index (χ0v) is 11.7. The Morgan fingerprint density at radius 3 is 2.67 bits per heavy atom. The van der Waals surface area contributed by atoms with Crippen LogP contribution >= 0.6 is 0 Å². The lowest BCUT2D eigenvalue weighted by Crippen LogP contribution is -2.34. The van der Waals surface area contributed by atoms with Gasteiger partial charge in [0, 0.05) is 11.6 Å². The topological polar surface area (TPSA) is 49.3 Å². The molecular weight excluding hydrogens is 283 g/mol. The van der Waals surface area contributed by atoms with Crippen molar-refractivity contribution in [2.45, 2.75) is 38.8 Å². The normalized spacial score (nSPS) is 22.9. The highest BCUT2D eigenvalue weighted by atomic mass is 19.4. The van der Waals surface area contributed by atoms with Gasteiger partial charge in [-0.3, -0.25) is 4.79 Å². The summed E-state index contributed by atoms with van der Waals surface area (Å²) in [6.07, 6.45) is -3.38. The van der Waals surface area contributed by atoms with E-state index < -0.39 is 18.0 Å². The summed E-state index contributed by atoms with van der Waals surface area (Å²) in [5, 5.41) is 12.0. The van der Waals surface area contributed by atoms with E-state index in [0.29, 0.717) is 24.1 Å². The number of amides is 1. The first-order valence-corrected chi connectivity index (χ1v) is 6.94. The molecule has 1 saturated carbocycles. The second-order valence-electron chi connectivity index (χ2n) is 5.59. The highest BCUT2D eigenvalue weighted by molar-refractivity contribution is 5.93. The molecule has 3 nitrogen and oxygen atoms in total. The number of phenolic OH excluding ortho intramolecular Hbond substituents is 1. The Kier molecular flexibility index (Phi) is 4.44. The molecule has 1 aliphatic rings. The Hall–Kier alpha value is -1.72. The number of nitrogens with one attached hydrogen (secondary N) is 1. The third-order valence-corrected chi connectivity index (χ3v) is 3.98. The lowest BCUT2D eigenvalue weighted by atomic mass is 9.80. The Morgan fingerprint density at radius 2 is 2.05 bits per heavy atom. The molecule has 0 saturated heterocycles. The molecule has 0 aromatic heterocycles. The van der Waals surface area contributed by atoms with Gasteiger partial charge in [-0.2, -0.15) is 13.2 Å². The average molecular weight is 301 g/mol. The van der Waals surface area contributed by atoms with Crippen LogP contribution in [0, 0.1) is 18.8 Å². The second-order valence-corrected chi connectivity index (χ2v) is 5.59. The van der Waals surface area contributed by atoms with E-state index in [2.05, 4.69) is 5.32 Å². The quantitative estimate of drug-likeness (QED) is 0.811. The maximum atomic E-state index is 12.8. The van der Waals surface area contributed by atoms with Crippen molar-refractivity contribution in [1.29, 1.82) is 0 Å². The maximum absolute atomic E-state index is 12.8. The first-order valence-electron chi connectivity index (χ1n) is 6.94. The van der Waals surface area contributed by atoms with Crippen LogP contribution in [-0.2, 0) is 4.79 Å². The van der Waals surface area contributed by atoms with Crippen LogP contribution in [0.1, 0.15) is 31.2 Å². The molecular formula is C15H18F3NO2. The molecule has 116 valence electrons. The van der Waals surface area contributed by atoms with Gasteiger partial charge in [-0.05, 0) is 49.9 Å². The fraction of sp³-hybridized carbons (Fsp3) is 0.533. The molecule has 2 atom stereocenters. The van der Waals surface area contributed by atoms with Crippen LogP contribution in [0.3, 0.4) is 0 Å². The SMILES string of the molecule is Cc1cc(O)ccc1NC(=O)C1CCCC(C(F)(F)F)C1. The number of carbonyl (C=O) groups excluding carboxylic acids is 1. The van der Waals surface area contributed by atoms with Crippen molar-refractivity contribution in [3.05, 3.63) is 23.8 Å². The molecule has 1 aromatic rings. The summed E-state index contributed by atoms with van der Waals surface area (Å²) in [6.45, 7) is 1.72. The summed E-state index contributed by atoms with van der Waals surface area (Å²) in [5.74, 6) is -2.29.